The molecule has 0 saturated carbocycles. The van der Waals surface area contributed by atoms with E-state index in [2.05, 4.69) is 52.6 Å². The maximum absolute atomic E-state index is 9.83. The molecule has 2 aromatic rings. The minimum Gasteiger partial charge on any atom is -0.506 e. The van der Waals surface area contributed by atoms with Crippen LogP contribution in [0.3, 0.4) is 0 Å². The molecule has 0 aliphatic heterocycles. The Kier molecular flexibility index (Phi) is 5.78. The van der Waals surface area contributed by atoms with E-state index >= 15 is 0 Å². The topological polar surface area (TPSA) is 101 Å². The van der Waals surface area contributed by atoms with Crippen molar-refractivity contribution in [2.75, 3.05) is 11.3 Å². The van der Waals surface area contributed by atoms with Crippen molar-refractivity contribution in [2.45, 2.75) is 6.92 Å². The van der Waals surface area contributed by atoms with E-state index in [0.29, 0.717) is 21.8 Å². The first-order valence-corrected chi connectivity index (χ1v) is 6.72. The molecule has 1 heterocycles. The largest absolute Gasteiger partial charge is 0.506 e. The molecule has 0 aliphatic rings. The molecule has 0 fully saturated rings. The van der Waals surface area contributed by atoms with Gasteiger partial charge in [0.25, 0.3) is 5.95 Å². The number of hydrazone groups is 1. The van der Waals surface area contributed by atoms with E-state index in [0.717, 1.165) is 4.47 Å². The Balaban J connectivity index is 0.00000200. The number of rotatable bonds is 3. The number of phenolic OH excluding ortho intramolecular Hbond substituents is 1. The fraction of sp³-hybridized carbons (Fsp3) is 0.100. The lowest BCUT2D eigenvalue weighted by Crippen LogP contribution is -2.13. The molecule has 0 saturated heterocycles. The Hall–Kier alpha value is -1.32. The molecule has 0 aliphatic carbocycles. The summed E-state index contributed by atoms with van der Waals surface area (Å²) in [5.74, 6) is 6.62. The summed E-state index contributed by atoms with van der Waals surface area (Å²) in [5.41, 5.74) is 3.18. The zero-order valence-electron chi connectivity index (χ0n) is 10.2. The standard InChI is InChI=1S/C10H10Br2N6O.ClH/c1-5-15-17-10(18(5)13)16-14-4-6-2-7(11)3-8(12)9(6)19;/h2-4,19H,13H2,1H3,(H,16,17);1H. The fourth-order valence-electron chi connectivity index (χ4n) is 1.29. The van der Waals surface area contributed by atoms with Crippen LogP contribution in [-0.2, 0) is 0 Å². The number of aryl methyl sites for hydroxylation is 1. The molecule has 1 aromatic carbocycles. The maximum Gasteiger partial charge on any atom is 0.263 e. The summed E-state index contributed by atoms with van der Waals surface area (Å²) >= 11 is 6.57. The highest BCUT2D eigenvalue weighted by molar-refractivity contribution is 9.11. The van der Waals surface area contributed by atoms with Gasteiger partial charge in [-0.15, -0.1) is 22.6 Å². The summed E-state index contributed by atoms with van der Waals surface area (Å²) in [6, 6.07) is 3.46. The number of nitrogens with two attached hydrogens (primary N) is 1. The summed E-state index contributed by atoms with van der Waals surface area (Å²) in [7, 11) is 0. The van der Waals surface area contributed by atoms with Crippen LogP contribution in [0, 0.1) is 6.92 Å². The number of nitrogens with zero attached hydrogens (tertiary/aromatic N) is 4. The molecular formula is C10H11Br2ClN6O. The Labute approximate surface area is 137 Å². The molecule has 0 amide bonds. The molecule has 2 rings (SSSR count). The third-order valence-electron chi connectivity index (χ3n) is 2.29. The average Bonchev–Trinajstić information content (AvgIpc) is 2.67. The van der Waals surface area contributed by atoms with Gasteiger partial charge in [0.1, 0.15) is 5.75 Å². The summed E-state index contributed by atoms with van der Waals surface area (Å²) < 4.78 is 2.66. The maximum atomic E-state index is 9.83. The minimum atomic E-state index is 0. The van der Waals surface area contributed by atoms with Gasteiger partial charge >= 0.3 is 0 Å². The Bertz CT molecular complexity index is 645. The number of benzene rings is 1. The van der Waals surface area contributed by atoms with Crippen molar-refractivity contribution in [3.63, 3.8) is 0 Å². The van der Waals surface area contributed by atoms with Crippen LogP contribution in [0.1, 0.15) is 11.4 Å². The van der Waals surface area contributed by atoms with Gasteiger partial charge in [0.15, 0.2) is 5.82 Å². The van der Waals surface area contributed by atoms with Gasteiger partial charge in [-0.2, -0.15) is 5.10 Å². The molecular weight excluding hydrogens is 415 g/mol. The van der Waals surface area contributed by atoms with Crippen LogP contribution in [-0.4, -0.2) is 26.2 Å². The highest BCUT2D eigenvalue weighted by atomic mass is 79.9. The first kappa shape index (κ1) is 16.7. The average molecular weight is 427 g/mol. The second-order valence-electron chi connectivity index (χ2n) is 3.64. The van der Waals surface area contributed by atoms with Crippen LogP contribution in [0.5, 0.6) is 5.75 Å². The molecule has 0 atom stereocenters. The molecule has 20 heavy (non-hydrogen) atoms. The first-order valence-electron chi connectivity index (χ1n) is 5.13. The van der Waals surface area contributed by atoms with Crippen molar-refractivity contribution in [2.24, 2.45) is 5.10 Å². The molecule has 10 heteroatoms. The van der Waals surface area contributed by atoms with Crippen LogP contribution < -0.4 is 11.3 Å². The highest BCUT2D eigenvalue weighted by Crippen LogP contribution is 2.30. The molecule has 0 bridgehead atoms. The molecule has 1 aromatic heterocycles. The van der Waals surface area contributed by atoms with Gasteiger partial charge in [0, 0.05) is 10.0 Å². The van der Waals surface area contributed by atoms with Crippen LogP contribution in [0.15, 0.2) is 26.2 Å². The van der Waals surface area contributed by atoms with Gasteiger partial charge in [-0.05, 0) is 35.0 Å². The molecule has 0 unspecified atom stereocenters. The Morgan fingerprint density at radius 2 is 2.10 bits per heavy atom. The van der Waals surface area contributed by atoms with Gasteiger partial charge < -0.3 is 10.9 Å². The number of anilines is 1. The van der Waals surface area contributed by atoms with Crippen molar-refractivity contribution in [3.05, 3.63) is 32.5 Å². The van der Waals surface area contributed by atoms with Gasteiger partial charge in [-0.25, -0.2) is 10.1 Å². The SMILES string of the molecule is Cc1nnc(NN=Cc2cc(Br)cc(Br)c2O)n1N.Cl. The van der Waals surface area contributed by atoms with Crippen molar-refractivity contribution < 1.29 is 5.11 Å². The van der Waals surface area contributed by atoms with Gasteiger partial charge in [0.05, 0.1) is 10.7 Å². The number of nitrogens with one attached hydrogen (secondary N) is 1. The van der Waals surface area contributed by atoms with Crippen molar-refractivity contribution >= 4 is 56.4 Å². The Morgan fingerprint density at radius 1 is 1.40 bits per heavy atom. The van der Waals surface area contributed by atoms with Crippen LogP contribution in [0.4, 0.5) is 5.95 Å². The molecule has 108 valence electrons. The number of aromatic nitrogens is 3. The number of hydrogen-bond acceptors (Lipinski definition) is 6. The van der Waals surface area contributed by atoms with E-state index in [-0.39, 0.29) is 18.2 Å². The van der Waals surface area contributed by atoms with Gasteiger partial charge in [0.2, 0.25) is 0 Å². The third-order valence-corrected chi connectivity index (χ3v) is 3.35. The first-order chi connectivity index (χ1) is 8.99. The minimum absolute atomic E-state index is 0. The molecule has 4 N–H and O–H groups in total. The number of phenols is 1. The lowest BCUT2D eigenvalue weighted by Gasteiger charge is -2.03. The Morgan fingerprint density at radius 3 is 2.70 bits per heavy atom. The third kappa shape index (κ3) is 3.62. The van der Waals surface area contributed by atoms with E-state index in [1.54, 1.807) is 19.1 Å². The number of halogens is 3. The second kappa shape index (κ2) is 6.91. The quantitative estimate of drug-likeness (QED) is 0.397. The molecule has 0 radical (unpaired) electrons. The van der Waals surface area contributed by atoms with E-state index in [4.69, 9.17) is 5.84 Å². The summed E-state index contributed by atoms with van der Waals surface area (Å²) in [6.07, 6.45) is 1.45. The van der Waals surface area contributed by atoms with E-state index in [1.165, 1.54) is 10.9 Å². The predicted octanol–water partition coefficient (Wildman–Crippen LogP) is 2.40. The van der Waals surface area contributed by atoms with Crippen molar-refractivity contribution in [3.8, 4) is 5.75 Å². The molecule has 7 nitrogen and oxygen atoms in total. The predicted molar refractivity (Wildman–Crippen MR) is 86.9 cm³/mol. The normalized spacial score (nSPS) is 10.6. The number of aromatic hydroxyl groups is 1. The van der Waals surface area contributed by atoms with Crippen molar-refractivity contribution in [1.82, 2.24) is 14.9 Å². The lowest BCUT2D eigenvalue weighted by molar-refractivity contribution is 0.471. The number of hydrogen-bond donors (Lipinski definition) is 3. The van der Waals surface area contributed by atoms with Crippen LogP contribution in [0.2, 0.25) is 0 Å². The molecule has 0 spiro atoms. The van der Waals surface area contributed by atoms with Crippen molar-refractivity contribution in [1.29, 1.82) is 0 Å². The summed E-state index contributed by atoms with van der Waals surface area (Å²) in [6.45, 7) is 1.72. The van der Waals surface area contributed by atoms with Crippen LogP contribution in [0.25, 0.3) is 0 Å². The smallest absolute Gasteiger partial charge is 0.263 e. The monoisotopic (exact) mass is 424 g/mol. The van der Waals surface area contributed by atoms with Gasteiger partial charge in [-0.1, -0.05) is 15.9 Å². The van der Waals surface area contributed by atoms with E-state index < -0.39 is 0 Å². The lowest BCUT2D eigenvalue weighted by atomic mass is 10.2. The van der Waals surface area contributed by atoms with E-state index in [9.17, 15) is 5.11 Å². The van der Waals surface area contributed by atoms with Crippen LogP contribution >= 0.6 is 44.3 Å². The number of nitrogen functional groups attached to an aromatic ring is 1. The summed E-state index contributed by atoms with van der Waals surface area (Å²) in [4.78, 5) is 0. The zero-order valence-corrected chi connectivity index (χ0v) is 14.2. The zero-order chi connectivity index (χ0) is 14.0. The van der Waals surface area contributed by atoms with Gasteiger partial charge in [-0.3, -0.25) is 0 Å². The second-order valence-corrected chi connectivity index (χ2v) is 5.41. The highest BCUT2D eigenvalue weighted by Gasteiger charge is 2.06. The summed E-state index contributed by atoms with van der Waals surface area (Å²) in [5, 5.41) is 21.3. The fourth-order valence-corrected chi connectivity index (χ4v) is 2.55. The van der Waals surface area contributed by atoms with E-state index in [1.807, 2.05) is 0 Å².